The van der Waals surface area contributed by atoms with Crippen LogP contribution >= 0.6 is 11.6 Å². The van der Waals surface area contributed by atoms with E-state index < -0.39 is 5.97 Å². The maximum Gasteiger partial charge on any atom is 0.336 e. The number of nitrogens with one attached hydrogen (secondary N) is 1. The Bertz CT molecular complexity index is 1210. The Morgan fingerprint density at radius 2 is 1.88 bits per heavy atom. The molecule has 4 aromatic rings. The molecule has 2 N–H and O–H groups in total. The highest BCUT2D eigenvalue weighted by molar-refractivity contribution is 6.31. The predicted octanol–water partition coefficient (Wildman–Crippen LogP) is 5.22. The van der Waals surface area contributed by atoms with Gasteiger partial charge in [0, 0.05) is 21.3 Å². The minimum atomic E-state index is -0.901. The molecule has 128 valence electrons. The van der Waals surface area contributed by atoms with Gasteiger partial charge in [-0.25, -0.2) is 9.78 Å². The molecule has 5 rings (SSSR count). The fraction of sp³-hybridized carbons (Fsp3) is 0.143. The fourth-order valence-electron chi connectivity index (χ4n) is 4.07. The third-order valence-corrected chi connectivity index (χ3v) is 5.40. The van der Waals surface area contributed by atoms with Crippen molar-refractivity contribution in [3.05, 3.63) is 64.2 Å². The van der Waals surface area contributed by atoms with Gasteiger partial charge in [0.25, 0.3) is 0 Å². The second-order valence-electron chi connectivity index (χ2n) is 6.66. The predicted molar refractivity (Wildman–Crippen MR) is 103 cm³/mol. The minimum absolute atomic E-state index is 0.370. The molecular formula is C21H15ClN2O2. The number of aromatic nitrogens is 2. The number of aromatic carboxylic acids is 1. The smallest absolute Gasteiger partial charge is 0.336 e. The van der Waals surface area contributed by atoms with Gasteiger partial charge in [-0.2, -0.15) is 0 Å². The van der Waals surface area contributed by atoms with E-state index in [9.17, 15) is 9.90 Å². The molecule has 0 atom stereocenters. The Balaban J connectivity index is 1.92. The van der Waals surface area contributed by atoms with Gasteiger partial charge < -0.3 is 10.1 Å². The number of hydrogen-bond acceptors (Lipinski definition) is 2. The maximum atomic E-state index is 12.1. The third kappa shape index (κ3) is 2.15. The van der Waals surface area contributed by atoms with Crippen LogP contribution in [0, 0.1) is 0 Å². The Kier molecular flexibility index (Phi) is 3.31. The quantitative estimate of drug-likeness (QED) is 0.487. The van der Waals surface area contributed by atoms with Gasteiger partial charge in [-0.15, -0.1) is 0 Å². The summed E-state index contributed by atoms with van der Waals surface area (Å²) in [5.74, 6) is -0.901. The number of carbonyl (C=O) groups is 1. The number of nitrogens with zero attached hydrogens (tertiary/aromatic N) is 1. The number of aryl methyl sites for hydroxylation is 1. The lowest BCUT2D eigenvalue weighted by molar-refractivity contribution is 0.0698. The number of hydrogen-bond donors (Lipinski definition) is 2. The molecule has 0 fully saturated rings. The van der Waals surface area contributed by atoms with Crippen molar-refractivity contribution in [1.82, 2.24) is 9.97 Å². The average Bonchev–Trinajstić information content (AvgIpc) is 2.88. The van der Waals surface area contributed by atoms with E-state index >= 15 is 0 Å². The zero-order valence-corrected chi connectivity index (χ0v) is 14.6. The molecule has 5 heteroatoms. The molecule has 2 aromatic heterocycles. The number of rotatable bonds is 1. The fourth-order valence-corrected chi connectivity index (χ4v) is 4.24. The van der Waals surface area contributed by atoms with Gasteiger partial charge in [-0.3, -0.25) is 0 Å². The second kappa shape index (κ2) is 5.58. The molecule has 0 saturated carbocycles. The molecule has 2 heterocycles. The summed E-state index contributed by atoms with van der Waals surface area (Å²) in [6.07, 6.45) is 2.43. The minimum Gasteiger partial charge on any atom is -0.478 e. The highest BCUT2D eigenvalue weighted by Crippen LogP contribution is 2.39. The summed E-state index contributed by atoms with van der Waals surface area (Å²) >= 11 is 6.20. The van der Waals surface area contributed by atoms with Crippen molar-refractivity contribution in [1.29, 1.82) is 0 Å². The normalized spacial score (nSPS) is 13.4. The van der Waals surface area contributed by atoms with Crippen molar-refractivity contribution in [2.45, 2.75) is 19.3 Å². The Morgan fingerprint density at radius 1 is 1.08 bits per heavy atom. The van der Waals surface area contributed by atoms with Crippen molar-refractivity contribution in [3.8, 4) is 11.4 Å². The number of benzene rings is 2. The van der Waals surface area contributed by atoms with Gasteiger partial charge >= 0.3 is 5.97 Å². The SMILES string of the molecule is O=C(O)c1c2c(nc3ccccc13)-c1[nH]c3ccc(Cl)cc3c1CCC2. The van der Waals surface area contributed by atoms with Crippen LogP contribution in [0.15, 0.2) is 42.5 Å². The Hall–Kier alpha value is -2.85. The average molecular weight is 363 g/mol. The van der Waals surface area contributed by atoms with Crippen LogP contribution in [-0.2, 0) is 12.8 Å². The number of carboxylic acid groups (broad SMARTS) is 1. The first kappa shape index (κ1) is 15.4. The second-order valence-corrected chi connectivity index (χ2v) is 7.09. The van der Waals surface area contributed by atoms with Gasteiger partial charge in [0.1, 0.15) is 0 Å². The molecule has 4 nitrogen and oxygen atoms in total. The van der Waals surface area contributed by atoms with E-state index in [2.05, 4.69) is 4.98 Å². The molecule has 1 aliphatic carbocycles. The van der Waals surface area contributed by atoms with Crippen LogP contribution in [0.3, 0.4) is 0 Å². The first-order valence-electron chi connectivity index (χ1n) is 8.59. The molecule has 26 heavy (non-hydrogen) atoms. The summed E-state index contributed by atoms with van der Waals surface area (Å²) in [5, 5.41) is 12.4. The molecule has 2 aromatic carbocycles. The largest absolute Gasteiger partial charge is 0.478 e. The Morgan fingerprint density at radius 3 is 2.73 bits per heavy atom. The van der Waals surface area contributed by atoms with Crippen LogP contribution in [0.4, 0.5) is 0 Å². The van der Waals surface area contributed by atoms with E-state index in [1.807, 2.05) is 42.5 Å². The summed E-state index contributed by atoms with van der Waals surface area (Å²) < 4.78 is 0. The van der Waals surface area contributed by atoms with Gasteiger partial charge in [-0.05, 0) is 54.7 Å². The summed E-state index contributed by atoms with van der Waals surface area (Å²) in [5.41, 5.74) is 5.72. The number of fused-ring (bicyclic) bond motifs is 6. The lowest BCUT2D eigenvalue weighted by Crippen LogP contribution is -2.07. The van der Waals surface area contributed by atoms with Gasteiger partial charge in [0.05, 0.1) is 22.5 Å². The van der Waals surface area contributed by atoms with Crippen molar-refractivity contribution < 1.29 is 9.90 Å². The van der Waals surface area contributed by atoms with Gasteiger partial charge in [0.15, 0.2) is 0 Å². The Labute approximate surface area is 154 Å². The summed E-state index contributed by atoms with van der Waals surface area (Å²) in [4.78, 5) is 20.4. The van der Waals surface area contributed by atoms with Crippen molar-refractivity contribution >= 4 is 39.4 Å². The zero-order valence-electron chi connectivity index (χ0n) is 13.8. The standard InChI is InChI=1S/C21H15ClN2O2/c22-11-8-9-17-15(10-11)12-5-3-6-14-18(21(25)26)13-4-1-2-7-16(13)23-20(14)19(12)24-17/h1-2,4,7-10,24H,3,5-6H2,(H,25,26). The van der Waals surface area contributed by atoms with E-state index in [0.29, 0.717) is 27.9 Å². The topological polar surface area (TPSA) is 66.0 Å². The molecular weight excluding hydrogens is 348 g/mol. The molecule has 0 radical (unpaired) electrons. The number of H-pyrrole nitrogens is 1. The van der Waals surface area contributed by atoms with Crippen molar-refractivity contribution in [2.75, 3.05) is 0 Å². The van der Waals surface area contributed by atoms with E-state index in [1.54, 1.807) is 0 Å². The summed E-state index contributed by atoms with van der Waals surface area (Å²) in [6.45, 7) is 0. The van der Waals surface area contributed by atoms with E-state index in [1.165, 1.54) is 5.56 Å². The summed E-state index contributed by atoms with van der Waals surface area (Å²) in [7, 11) is 0. The monoisotopic (exact) mass is 362 g/mol. The van der Waals surface area contributed by atoms with Gasteiger partial charge in [-0.1, -0.05) is 29.8 Å². The van der Waals surface area contributed by atoms with Crippen LogP contribution in [-0.4, -0.2) is 21.0 Å². The van der Waals surface area contributed by atoms with Crippen LogP contribution in [0.5, 0.6) is 0 Å². The highest BCUT2D eigenvalue weighted by Gasteiger charge is 2.26. The molecule has 0 saturated heterocycles. The van der Waals surface area contributed by atoms with Gasteiger partial charge in [0.2, 0.25) is 0 Å². The summed E-state index contributed by atoms with van der Waals surface area (Å²) in [6, 6.07) is 13.2. The first-order chi connectivity index (χ1) is 12.6. The molecule has 0 bridgehead atoms. The zero-order chi connectivity index (χ0) is 17.8. The van der Waals surface area contributed by atoms with Crippen LogP contribution in [0.1, 0.15) is 27.9 Å². The first-order valence-corrected chi connectivity index (χ1v) is 8.96. The van der Waals surface area contributed by atoms with Crippen LogP contribution < -0.4 is 0 Å². The molecule has 0 unspecified atom stereocenters. The maximum absolute atomic E-state index is 12.1. The van der Waals surface area contributed by atoms with Crippen LogP contribution in [0.25, 0.3) is 33.2 Å². The number of pyridine rings is 1. The highest BCUT2D eigenvalue weighted by atomic mass is 35.5. The van der Waals surface area contributed by atoms with E-state index in [-0.39, 0.29) is 0 Å². The van der Waals surface area contributed by atoms with Crippen LogP contribution in [0.2, 0.25) is 5.02 Å². The van der Waals surface area contributed by atoms with E-state index in [0.717, 1.165) is 40.7 Å². The lowest BCUT2D eigenvalue weighted by atomic mass is 9.97. The molecule has 1 aliphatic rings. The number of aromatic amines is 1. The van der Waals surface area contributed by atoms with Crippen molar-refractivity contribution in [2.24, 2.45) is 0 Å². The number of halogens is 1. The number of para-hydroxylation sites is 1. The third-order valence-electron chi connectivity index (χ3n) is 5.17. The van der Waals surface area contributed by atoms with E-state index in [4.69, 9.17) is 16.6 Å². The lowest BCUT2D eigenvalue weighted by Gasteiger charge is -2.12. The van der Waals surface area contributed by atoms with Crippen molar-refractivity contribution in [3.63, 3.8) is 0 Å². The molecule has 0 amide bonds. The molecule has 0 aliphatic heterocycles. The molecule has 0 spiro atoms. The number of carboxylic acids is 1.